The van der Waals surface area contributed by atoms with Crippen molar-refractivity contribution in [3.05, 3.63) is 52.5 Å². The van der Waals surface area contributed by atoms with Gasteiger partial charge in [0.1, 0.15) is 11.9 Å². The van der Waals surface area contributed by atoms with Crippen molar-refractivity contribution in [2.75, 3.05) is 11.4 Å². The molecule has 6 heteroatoms. The molecule has 0 radical (unpaired) electrons. The first-order valence-electron chi connectivity index (χ1n) is 10.4. The predicted molar refractivity (Wildman–Crippen MR) is 118 cm³/mol. The monoisotopic (exact) mass is 458 g/mol. The topological polar surface area (TPSA) is 50.8 Å². The van der Waals surface area contributed by atoms with E-state index in [0.29, 0.717) is 0 Å². The lowest BCUT2D eigenvalue weighted by molar-refractivity contribution is 0.0875. The molecule has 0 unspecified atom stereocenters. The Labute approximate surface area is 180 Å². The van der Waals surface area contributed by atoms with Crippen LogP contribution in [0.5, 0.6) is 11.5 Å². The van der Waals surface area contributed by atoms with Crippen molar-refractivity contribution >= 4 is 27.7 Å². The van der Waals surface area contributed by atoms with Gasteiger partial charge < -0.3 is 19.7 Å². The molecule has 5 nitrogen and oxygen atoms in total. The molecule has 2 aliphatic heterocycles. The number of ether oxygens (including phenoxy) is 2. The zero-order valence-corrected chi connectivity index (χ0v) is 18.4. The Morgan fingerprint density at radius 1 is 1.21 bits per heavy atom. The van der Waals surface area contributed by atoms with E-state index in [1.54, 1.807) is 0 Å². The van der Waals surface area contributed by atoms with Gasteiger partial charge in [-0.25, -0.2) is 4.79 Å². The van der Waals surface area contributed by atoms with Gasteiger partial charge in [0, 0.05) is 16.6 Å². The number of para-hydroxylation sites is 2. The van der Waals surface area contributed by atoms with Gasteiger partial charge in [0.15, 0.2) is 5.75 Å². The fourth-order valence-electron chi connectivity index (χ4n) is 4.37. The number of hydrogen-bond acceptors (Lipinski definition) is 4. The lowest BCUT2D eigenvalue weighted by Crippen LogP contribution is -2.50. The number of fused-ring (bicyclic) bond motifs is 5. The quantitative estimate of drug-likeness (QED) is 0.593. The van der Waals surface area contributed by atoms with E-state index in [1.807, 2.05) is 50.2 Å². The maximum Gasteiger partial charge on any atom is 0.407 e. The van der Waals surface area contributed by atoms with E-state index >= 15 is 0 Å². The summed E-state index contributed by atoms with van der Waals surface area (Å²) >= 11 is 3.71. The second-order valence-corrected chi connectivity index (χ2v) is 8.46. The highest BCUT2D eigenvalue weighted by atomic mass is 79.9. The van der Waals surface area contributed by atoms with Gasteiger partial charge in [-0.05, 0) is 59.8 Å². The standard InChI is InChI=1S/C23H27BrN2O3/c1-3-15(4-2)28-23(27)25-18-11-8-14-26-21(18)16-9-5-6-12-19(16)29-20-13-7-10-17(24)22(20)26/h5-7,9-10,12-13,15,18,21H,3-4,8,11,14H2,1-2H3,(H,25,27)/t18-,21-/m0/s1. The largest absolute Gasteiger partial charge is 0.455 e. The molecule has 2 aromatic rings. The van der Waals surface area contributed by atoms with Crippen molar-refractivity contribution in [3.8, 4) is 11.5 Å². The van der Waals surface area contributed by atoms with Crippen molar-refractivity contribution in [1.29, 1.82) is 0 Å². The first-order chi connectivity index (χ1) is 14.1. The average Bonchev–Trinajstić information content (AvgIpc) is 2.87. The second kappa shape index (κ2) is 8.66. The number of amides is 1. The number of halogens is 1. The number of benzene rings is 2. The summed E-state index contributed by atoms with van der Waals surface area (Å²) in [6.45, 7) is 4.98. The molecule has 0 bridgehead atoms. The maximum absolute atomic E-state index is 12.6. The van der Waals surface area contributed by atoms with Crippen molar-refractivity contribution < 1.29 is 14.3 Å². The normalized spacial score (nSPS) is 20.1. The molecule has 4 rings (SSSR count). The van der Waals surface area contributed by atoms with Gasteiger partial charge in [-0.2, -0.15) is 0 Å². The van der Waals surface area contributed by atoms with E-state index in [9.17, 15) is 4.79 Å². The van der Waals surface area contributed by atoms with Gasteiger partial charge in [-0.15, -0.1) is 0 Å². The van der Waals surface area contributed by atoms with E-state index < -0.39 is 0 Å². The molecule has 2 aliphatic rings. The molecule has 29 heavy (non-hydrogen) atoms. The number of alkyl carbamates (subject to hydrolysis) is 1. The average molecular weight is 459 g/mol. The van der Waals surface area contributed by atoms with E-state index in [1.165, 1.54) is 0 Å². The number of nitrogens with one attached hydrogen (secondary N) is 1. The molecular weight excluding hydrogens is 432 g/mol. The number of piperidine rings is 1. The summed E-state index contributed by atoms with van der Waals surface area (Å²) in [4.78, 5) is 15.0. The Morgan fingerprint density at radius 2 is 1.97 bits per heavy atom. The third-order valence-electron chi connectivity index (χ3n) is 5.81. The Balaban J connectivity index is 1.70. The van der Waals surface area contributed by atoms with Crippen LogP contribution in [0.1, 0.15) is 51.1 Å². The molecule has 154 valence electrons. The van der Waals surface area contributed by atoms with Crippen LogP contribution in [-0.4, -0.2) is 24.8 Å². The van der Waals surface area contributed by atoms with Crippen LogP contribution in [0, 0.1) is 0 Å². The van der Waals surface area contributed by atoms with Crippen molar-refractivity contribution in [2.24, 2.45) is 0 Å². The molecule has 1 N–H and O–H groups in total. The summed E-state index contributed by atoms with van der Waals surface area (Å²) in [5.74, 6) is 1.66. The van der Waals surface area contributed by atoms with Gasteiger partial charge >= 0.3 is 6.09 Å². The van der Waals surface area contributed by atoms with Crippen LogP contribution in [0.2, 0.25) is 0 Å². The summed E-state index contributed by atoms with van der Waals surface area (Å²) in [6, 6.07) is 14.0. The van der Waals surface area contributed by atoms with Gasteiger partial charge in [0.2, 0.25) is 0 Å². The highest BCUT2D eigenvalue weighted by molar-refractivity contribution is 9.10. The Morgan fingerprint density at radius 3 is 2.76 bits per heavy atom. The van der Waals surface area contributed by atoms with E-state index in [2.05, 4.69) is 32.2 Å². The fourth-order valence-corrected chi connectivity index (χ4v) is 4.94. The first kappa shape index (κ1) is 20.1. The SMILES string of the molecule is CCC(CC)OC(=O)N[C@H]1CCCN2c3c(Br)cccc3Oc3ccccc3[C@@H]12. The van der Waals surface area contributed by atoms with Gasteiger partial charge in [-0.3, -0.25) is 0 Å². The van der Waals surface area contributed by atoms with E-state index in [4.69, 9.17) is 9.47 Å². The molecule has 2 aromatic carbocycles. The molecule has 2 heterocycles. The third-order valence-corrected chi connectivity index (χ3v) is 6.45. The number of nitrogens with zero attached hydrogens (tertiary/aromatic N) is 1. The lowest BCUT2D eigenvalue weighted by atomic mass is 9.89. The highest BCUT2D eigenvalue weighted by Crippen LogP contribution is 2.50. The van der Waals surface area contributed by atoms with Crippen LogP contribution in [0.4, 0.5) is 10.5 Å². The van der Waals surface area contributed by atoms with Crippen LogP contribution in [0.3, 0.4) is 0 Å². The van der Waals surface area contributed by atoms with Crippen LogP contribution < -0.4 is 15.0 Å². The van der Waals surface area contributed by atoms with Crippen molar-refractivity contribution in [1.82, 2.24) is 5.32 Å². The number of rotatable bonds is 4. The molecule has 2 atom stereocenters. The summed E-state index contributed by atoms with van der Waals surface area (Å²) in [6.07, 6.45) is 3.14. The summed E-state index contributed by atoms with van der Waals surface area (Å²) in [5, 5.41) is 3.16. The first-order valence-corrected chi connectivity index (χ1v) is 11.2. The molecule has 1 amide bonds. The van der Waals surface area contributed by atoms with Crippen LogP contribution in [0.25, 0.3) is 0 Å². The number of carbonyl (C=O) groups is 1. The molecule has 0 spiro atoms. The number of carbonyl (C=O) groups excluding carboxylic acids is 1. The number of hydrogen-bond donors (Lipinski definition) is 1. The highest BCUT2D eigenvalue weighted by Gasteiger charge is 2.39. The molecular formula is C23H27BrN2O3. The van der Waals surface area contributed by atoms with Crippen molar-refractivity contribution in [2.45, 2.75) is 57.7 Å². The Kier molecular flexibility index (Phi) is 5.99. The van der Waals surface area contributed by atoms with E-state index in [0.717, 1.165) is 59.5 Å². The second-order valence-electron chi connectivity index (χ2n) is 7.60. The predicted octanol–water partition coefficient (Wildman–Crippen LogP) is 6.18. The van der Waals surface area contributed by atoms with Crippen LogP contribution in [0.15, 0.2) is 46.9 Å². The zero-order valence-electron chi connectivity index (χ0n) is 16.9. The van der Waals surface area contributed by atoms with Gasteiger partial charge in [-0.1, -0.05) is 38.1 Å². The van der Waals surface area contributed by atoms with Crippen molar-refractivity contribution in [3.63, 3.8) is 0 Å². The molecule has 0 aliphatic carbocycles. The summed E-state index contributed by atoms with van der Waals surface area (Å²) in [5.41, 5.74) is 2.12. The lowest BCUT2D eigenvalue weighted by Gasteiger charge is -2.42. The fraction of sp³-hybridized carbons (Fsp3) is 0.435. The summed E-state index contributed by atoms with van der Waals surface area (Å²) < 4.78 is 12.9. The molecule has 1 fully saturated rings. The smallest absolute Gasteiger partial charge is 0.407 e. The zero-order chi connectivity index (χ0) is 20.4. The minimum atomic E-state index is -0.333. The maximum atomic E-state index is 12.6. The Bertz CT molecular complexity index is 884. The molecule has 0 aromatic heterocycles. The number of anilines is 1. The Hall–Kier alpha value is -2.21. The van der Waals surface area contributed by atoms with E-state index in [-0.39, 0.29) is 24.3 Å². The van der Waals surface area contributed by atoms with Crippen LogP contribution in [-0.2, 0) is 4.74 Å². The van der Waals surface area contributed by atoms with Crippen LogP contribution >= 0.6 is 15.9 Å². The molecule has 1 saturated heterocycles. The third kappa shape index (κ3) is 3.95. The van der Waals surface area contributed by atoms with Gasteiger partial charge in [0.05, 0.1) is 17.8 Å². The van der Waals surface area contributed by atoms with Gasteiger partial charge in [0.25, 0.3) is 0 Å². The minimum Gasteiger partial charge on any atom is -0.455 e. The summed E-state index contributed by atoms with van der Waals surface area (Å²) in [7, 11) is 0. The minimum absolute atomic E-state index is 0.0193. The molecule has 0 saturated carbocycles.